The predicted octanol–water partition coefficient (Wildman–Crippen LogP) is 3.29. The zero-order valence-electron chi connectivity index (χ0n) is 7.78. The molecule has 0 saturated carbocycles. The second-order valence-electron chi connectivity index (χ2n) is 3.04. The van der Waals surface area contributed by atoms with Crippen molar-refractivity contribution < 1.29 is 9.53 Å². The first-order valence-electron chi connectivity index (χ1n) is 4.24. The van der Waals surface area contributed by atoms with Crippen LogP contribution in [-0.2, 0) is 6.54 Å². The van der Waals surface area contributed by atoms with Gasteiger partial charge in [0.15, 0.2) is 5.17 Å². The molecular formula is C9H5Cl3N2O2. The van der Waals surface area contributed by atoms with Crippen LogP contribution < -0.4 is 4.74 Å². The van der Waals surface area contributed by atoms with Crippen molar-refractivity contribution in [2.24, 2.45) is 5.10 Å². The number of carbonyl (C=O) groups excluding carboxylic acids is 1. The van der Waals surface area contributed by atoms with Gasteiger partial charge in [-0.3, -0.25) is 0 Å². The molecule has 4 nitrogen and oxygen atoms in total. The van der Waals surface area contributed by atoms with Crippen LogP contribution in [-0.4, -0.2) is 15.1 Å². The first kappa shape index (κ1) is 11.5. The normalized spacial score (nSPS) is 14.2. The van der Waals surface area contributed by atoms with Gasteiger partial charge in [0.2, 0.25) is 0 Å². The average molecular weight is 280 g/mol. The molecule has 0 bridgehead atoms. The summed E-state index contributed by atoms with van der Waals surface area (Å²) in [6.45, 7) is 0.433. The Kier molecular flexibility index (Phi) is 3.23. The molecule has 0 aliphatic carbocycles. The molecule has 0 amide bonds. The number of nitrogens with zero attached hydrogens (tertiary/aromatic N) is 2. The maximum atomic E-state index is 10.6. The summed E-state index contributed by atoms with van der Waals surface area (Å²) in [4.78, 5) is 10.6. The van der Waals surface area contributed by atoms with Gasteiger partial charge in [0.1, 0.15) is 5.75 Å². The Morgan fingerprint density at radius 3 is 2.94 bits per heavy atom. The van der Waals surface area contributed by atoms with Crippen LogP contribution in [0, 0.1) is 0 Å². The average Bonchev–Trinajstić information content (AvgIpc) is 2.18. The lowest BCUT2D eigenvalue weighted by molar-refractivity contribution is 0.225. The summed E-state index contributed by atoms with van der Waals surface area (Å²) < 4.78 is 5.93. The highest BCUT2D eigenvalue weighted by atomic mass is 35.5. The van der Waals surface area contributed by atoms with E-state index in [2.05, 4.69) is 5.10 Å². The number of halogens is 3. The lowest BCUT2D eigenvalue weighted by Crippen LogP contribution is -2.16. The fourth-order valence-electron chi connectivity index (χ4n) is 1.37. The van der Waals surface area contributed by atoms with E-state index in [9.17, 15) is 4.79 Å². The molecule has 0 radical (unpaired) electrons. The largest absolute Gasteiger partial charge is 0.414 e. The van der Waals surface area contributed by atoms with Crippen molar-refractivity contribution >= 4 is 45.6 Å². The van der Waals surface area contributed by atoms with Crippen LogP contribution in [0.15, 0.2) is 23.3 Å². The van der Waals surface area contributed by atoms with E-state index < -0.39 is 5.43 Å². The van der Waals surface area contributed by atoms with Crippen molar-refractivity contribution in [2.45, 2.75) is 6.54 Å². The molecule has 0 saturated heterocycles. The first-order chi connectivity index (χ1) is 7.56. The van der Waals surface area contributed by atoms with Gasteiger partial charge in [0, 0.05) is 28.9 Å². The smallest absolute Gasteiger partial charge is 0.409 e. The van der Waals surface area contributed by atoms with Crippen LogP contribution in [0.5, 0.6) is 5.75 Å². The Balaban J connectivity index is 2.37. The summed E-state index contributed by atoms with van der Waals surface area (Å²) in [5, 5.41) is 4.09. The van der Waals surface area contributed by atoms with Gasteiger partial charge in [-0.25, -0.2) is 4.79 Å². The van der Waals surface area contributed by atoms with E-state index in [1.165, 1.54) is 4.53 Å². The summed E-state index contributed by atoms with van der Waals surface area (Å²) in [5.74, 6) is 0.315. The molecule has 0 atom stereocenters. The highest BCUT2D eigenvalue weighted by Crippen LogP contribution is 2.26. The maximum absolute atomic E-state index is 10.6. The molecule has 1 aromatic carbocycles. The number of hydrogen-bond acceptors (Lipinski definition) is 4. The third-order valence-corrected chi connectivity index (χ3v) is 2.55. The Bertz CT molecular complexity index is 476. The number of rotatable bonds is 1. The van der Waals surface area contributed by atoms with Crippen molar-refractivity contribution in [3.05, 3.63) is 29.3 Å². The molecule has 1 aromatic rings. The number of benzene rings is 1. The van der Waals surface area contributed by atoms with Crippen LogP contribution in [0.3, 0.4) is 0 Å². The molecule has 84 valence electrons. The summed E-state index contributed by atoms with van der Waals surface area (Å²) in [7, 11) is 0. The number of hydrogen-bond donors (Lipinski definition) is 0. The second-order valence-corrected chi connectivity index (χ2v) is 4.10. The summed E-state index contributed by atoms with van der Waals surface area (Å²) in [5.41, 5.74) is 0.668. The zero-order chi connectivity index (χ0) is 11.7. The van der Waals surface area contributed by atoms with Crippen LogP contribution in [0.1, 0.15) is 11.1 Å². The molecule has 0 aromatic heterocycles. The van der Waals surface area contributed by atoms with Gasteiger partial charge in [0.05, 0.1) is 6.54 Å². The van der Waals surface area contributed by atoms with Gasteiger partial charge in [-0.05, 0) is 17.7 Å². The van der Waals surface area contributed by atoms with E-state index in [1.54, 1.807) is 18.2 Å². The lowest BCUT2D eigenvalue weighted by Gasteiger charge is -2.19. The molecule has 16 heavy (non-hydrogen) atoms. The quantitative estimate of drug-likeness (QED) is 0.585. The molecule has 0 N–H and O–H groups in total. The van der Waals surface area contributed by atoms with Crippen LogP contribution in [0.2, 0.25) is 0 Å². The van der Waals surface area contributed by atoms with Gasteiger partial charge in [-0.2, -0.15) is 4.53 Å². The highest BCUT2D eigenvalue weighted by Gasteiger charge is 2.17. The third-order valence-electron chi connectivity index (χ3n) is 2.00. The van der Waals surface area contributed by atoms with Crippen molar-refractivity contribution in [3.8, 4) is 5.75 Å². The van der Waals surface area contributed by atoms with Crippen molar-refractivity contribution in [1.82, 2.24) is 4.53 Å². The molecule has 0 fully saturated rings. The van der Waals surface area contributed by atoms with Gasteiger partial charge in [-0.1, -0.05) is 17.7 Å². The van der Waals surface area contributed by atoms with Crippen molar-refractivity contribution in [1.29, 1.82) is 0 Å². The van der Waals surface area contributed by atoms with Gasteiger partial charge < -0.3 is 4.74 Å². The van der Waals surface area contributed by atoms with Crippen LogP contribution in [0.25, 0.3) is 0 Å². The minimum absolute atomic E-state index is 0.240. The van der Waals surface area contributed by atoms with E-state index in [0.29, 0.717) is 17.9 Å². The first-order valence-corrected chi connectivity index (χ1v) is 5.33. The Labute approximate surface area is 106 Å². The van der Waals surface area contributed by atoms with Gasteiger partial charge in [-0.15, -0.1) is 5.10 Å². The number of ether oxygens (including phenoxy) is 1. The maximum Gasteiger partial charge on any atom is 0.409 e. The standard InChI is InChI=1S/C9H5Cl3N2O2/c10-8-7-3-6(16-9(11)15)2-1-5(7)4-14(12)13-8/h1-3H,4H2. The molecular weight excluding hydrogens is 274 g/mol. The highest BCUT2D eigenvalue weighted by molar-refractivity contribution is 6.70. The second kappa shape index (κ2) is 4.49. The topological polar surface area (TPSA) is 41.9 Å². The molecule has 1 aliphatic heterocycles. The lowest BCUT2D eigenvalue weighted by atomic mass is 10.1. The van der Waals surface area contributed by atoms with E-state index in [4.69, 9.17) is 39.7 Å². The molecule has 1 heterocycles. The zero-order valence-corrected chi connectivity index (χ0v) is 10.1. The van der Waals surface area contributed by atoms with Gasteiger partial charge >= 0.3 is 5.43 Å². The van der Waals surface area contributed by atoms with E-state index >= 15 is 0 Å². The summed E-state index contributed by atoms with van der Waals surface area (Å²) in [6.07, 6.45) is 0. The minimum Gasteiger partial charge on any atom is -0.414 e. The molecule has 2 rings (SSSR count). The van der Waals surface area contributed by atoms with Crippen molar-refractivity contribution in [3.63, 3.8) is 0 Å². The fourth-order valence-corrected chi connectivity index (χ4v) is 1.97. The number of hydrazone groups is 1. The van der Waals surface area contributed by atoms with Crippen LogP contribution in [0.4, 0.5) is 4.79 Å². The monoisotopic (exact) mass is 278 g/mol. The fraction of sp³-hybridized carbons (Fsp3) is 0.111. The molecule has 0 unspecified atom stereocenters. The summed E-state index contributed by atoms with van der Waals surface area (Å²) in [6, 6.07) is 4.95. The molecule has 7 heteroatoms. The Morgan fingerprint density at radius 2 is 2.25 bits per heavy atom. The SMILES string of the molecule is O=C(Cl)Oc1ccc2c(c1)C(Cl)=NN(Cl)C2. The van der Waals surface area contributed by atoms with Crippen molar-refractivity contribution in [2.75, 3.05) is 0 Å². The van der Waals surface area contributed by atoms with E-state index in [-0.39, 0.29) is 5.17 Å². The third kappa shape index (κ3) is 2.40. The number of fused-ring (bicyclic) bond motifs is 1. The molecule has 1 aliphatic rings. The predicted molar refractivity (Wildman–Crippen MR) is 62.1 cm³/mol. The van der Waals surface area contributed by atoms with E-state index in [0.717, 1.165) is 5.56 Å². The Hall–Kier alpha value is -0.970. The van der Waals surface area contributed by atoms with Gasteiger partial charge in [0.25, 0.3) is 0 Å². The van der Waals surface area contributed by atoms with Crippen LogP contribution >= 0.6 is 35.0 Å². The number of carbonyl (C=O) groups is 1. The molecule has 0 spiro atoms. The Morgan fingerprint density at radius 1 is 1.50 bits per heavy atom. The summed E-state index contributed by atoms with van der Waals surface area (Å²) >= 11 is 16.7. The minimum atomic E-state index is -0.900. The van der Waals surface area contributed by atoms with E-state index in [1.807, 2.05) is 0 Å².